The van der Waals surface area contributed by atoms with Crippen LogP contribution in [-0.4, -0.2) is 54.9 Å². The van der Waals surface area contributed by atoms with Crippen LogP contribution in [0.5, 0.6) is 0 Å². The van der Waals surface area contributed by atoms with E-state index in [1.807, 2.05) is 0 Å². The van der Waals surface area contributed by atoms with Crippen LogP contribution in [0.3, 0.4) is 0 Å². The maximum absolute atomic E-state index is 13.0. The van der Waals surface area contributed by atoms with Gasteiger partial charge in [0.15, 0.2) is 5.78 Å². The Bertz CT molecular complexity index is 843. The molecular formula is C21H27FN4O6. The van der Waals surface area contributed by atoms with Crippen molar-refractivity contribution in [1.29, 1.82) is 5.41 Å². The SMILES string of the molecule is COC(=O)CC[C@H](NC(C)=O)C(=O)N[C@@H](CCC(=O)C=N)C(=O)NCc1ccc(F)cc1. The molecule has 3 amide bonds. The topological polar surface area (TPSA) is 155 Å². The average molecular weight is 450 g/mol. The van der Waals surface area contributed by atoms with Gasteiger partial charge in [-0.15, -0.1) is 0 Å². The van der Waals surface area contributed by atoms with Crippen molar-refractivity contribution in [3.63, 3.8) is 0 Å². The quantitative estimate of drug-likeness (QED) is 0.252. The number of rotatable bonds is 13. The molecule has 0 aromatic heterocycles. The monoisotopic (exact) mass is 450 g/mol. The Balaban J connectivity index is 2.87. The van der Waals surface area contributed by atoms with Crippen molar-refractivity contribution in [2.75, 3.05) is 7.11 Å². The summed E-state index contributed by atoms with van der Waals surface area (Å²) in [5.74, 6) is -3.35. The van der Waals surface area contributed by atoms with Crippen molar-refractivity contribution >= 4 is 35.7 Å². The van der Waals surface area contributed by atoms with Crippen molar-refractivity contribution in [1.82, 2.24) is 16.0 Å². The normalized spacial score (nSPS) is 12.1. The van der Waals surface area contributed by atoms with Crippen LogP contribution < -0.4 is 16.0 Å². The van der Waals surface area contributed by atoms with Gasteiger partial charge >= 0.3 is 5.97 Å². The molecule has 0 unspecified atom stereocenters. The molecule has 0 aliphatic carbocycles. The van der Waals surface area contributed by atoms with Crippen molar-refractivity contribution < 1.29 is 33.1 Å². The molecule has 174 valence electrons. The number of nitrogens with one attached hydrogen (secondary N) is 4. The zero-order chi connectivity index (χ0) is 24.1. The molecule has 0 heterocycles. The zero-order valence-corrected chi connectivity index (χ0v) is 17.9. The summed E-state index contributed by atoms with van der Waals surface area (Å²) in [5, 5.41) is 14.5. The largest absolute Gasteiger partial charge is 0.469 e. The maximum Gasteiger partial charge on any atom is 0.305 e. The summed E-state index contributed by atoms with van der Waals surface area (Å²) >= 11 is 0. The van der Waals surface area contributed by atoms with E-state index in [1.54, 1.807) is 0 Å². The van der Waals surface area contributed by atoms with Crippen molar-refractivity contribution in [2.45, 2.75) is 51.2 Å². The van der Waals surface area contributed by atoms with E-state index in [1.165, 1.54) is 38.3 Å². The standard InChI is InChI=1S/C21H27FN4O6/c1-13(27)25-18(9-10-19(29)32-2)21(31)26-17(8-7-16(28)11-23)20(30)24-12-14-3-5-15(22)6-4-14/h3-6,11,17-18,23H,7-10,12H2,1-2H3,(H,24,30)(H,25,27)(H,26,31)/t17-,18-/m0/s1. The molecule has 0 aliphatic heterocycles. The Morgan fingerprint density at radius 3 is 2.16 bits per heavy atom. The van der Waals surface area contributed by atoms with Crippen LogP contribution in [0.4, 0.5) is 4.39 Å². The van der Waals surface area contributed by atoms with Crippen molar-refractivity contribution in [3.05, 3.63) is 35.6 Å². The zero-order valence-electron chi connectivity index (χ0n) is 17.9. The number of amides is 3. The fourth-order valence-corrected chi connectivity index (χ4v) is 2.69. The minimum atomic E-state index is -1.14. The minimum absolute atomic E-state index is 0.0541. The van der Waals surface area contributed by atoms with E-state index in [9.17, 15) is 28.4 Å². The number of benzene rings is 1. The molecule has 0 saturated heterocycles. The molecule has 2 atom stereocenters. The second-order valence-electron chi connectivity index (χ2n) is 6.92. The summed E-state index contributed by atoms with van der Waals surface area (Å²) in [6, 6.07) is 3.22. The Kier molecular flexibility index (Phi) is 11.2. The van der Waals surface area contributed by atoms with E-state index in [4.69, 9.17) is 5.41 Å². The third-order valence-corrected chi connectivity index (χ3v) is 4.41. The minimum Gasteiger partial charge on any atom is -0.469 e. The van der Waals surface area contributed by atoms with Crippen LogP contribution in [0, 0.1) is 11.2 Å². The van der Waals surface area contributed by atoms with Crippen LogP contribution in [0.25, 0.3) is 0 Å². The molecule has 11 heteroatoms. The highest BCUT2D eigenvalue weighted by atomic mass is 19.1. The first-order valence-electron chi connectivity index (χ1n) is 9.86. The van der Waals surface area contributed by atoms with Gasteiger partial charge in [0.1, 0.15) is 17.9 Å². The molecule has 0 radical (unpaired) electrons. The van der Waals surface area contributed by atoms with Gasteiger partial charge in [-0.3, -0.25) is 24.0 Å². The Hall–Kier alpha value is -3.63. The highest BCUT2D eigenvalue weighted by Crippen LogP contribution is 2.06. The molecule has 10 nitrogen and oxygen atoms in total. The molecule has 1 rings (SSSR count). The van der Waals surface area contributed by atoms with E-state index in [0.29, 0.717) is 11.8 Å². The third kappa shape index (κ3) is 9.92. The molecule has 0 saturated carbocycles. The first kappa shape index (κ1) is 26.4. The lowest BCUT2D eigenvalue weighted by Gasteiger charge is -2.22. The Labute approximate surface area is 184 Å². The van der Waals surface area contributed by atoms with Gasteiger partial charge in [-0.05, 0) is 30.5 Å². The van der Waals surface area contributed by atoms with E-state index >= 15 is 0 Å². The fraction of sp³-hybridized carbons (Fsp3) is 0.429. The number of carbonyl (C=O) groups excluding carboxylic acids is 5. The molecule has 0 spiro atoms. The van der Waals surface area contributed by atoms with Gasteiger partial charge in [0.25, 0.3) is 0 Å². The summed E-state index contributed by atoms with van der Waals surface area (Å²) in [4.78, 5) is 59.7. The van der Waals surface area contributed by atoms with Gasteiger partial charge in [0.05, 0.1) is 13.3 Å². The summed E-state index contributed by atoms with van der Waals surface area (Å²) in [7, 11) is 1.19. The molecule has 1 aromatic carbocycles. The number of methoxy groups -OCH3 is 1. The molecule has 0 aliphatic rings. The van der Waals surface area contributed by atoms with E-state index in [-0.39, 0.29) is 32.2 Å². The Morgan fingerprint density at radius 2 is 1.59 bits per heavy atom. The van der Waals surface area contributed by atoms with Crippen molar-refractivity contribution in [3.8, 4) is 0 Å². The van der Waals surface area contributed by atoms with Crippen LogP contribution in [0.1, 0.15) is 38.2 Å². The summed E-state index contributed by atoms with van der Waals surface area (Å²) in [6.45, 7) is 1.26. The number of ketones is 1. The van der Waals surface area contributed by atoms with Crippen LogP contribution in [0.15, 0.2) is 24.3 Å². The highest BCUT2D eigenvalue weighted by molar-refractivity contribution is 6.26. The smallest absolute Gasteiger partial charge is 0.305 e. The highest BCUT2D eigenvalue weighted by Gasteiger charge is 2.27. The molecule has 0 bridgehead atoms. The van der Waals surface area contributed by atoms with Gasteiger partial charge < -0.3 is 26.1 Å². The van der Waals surface area contributed by atoms with Crippen molar-refractivity contribution in [2.24, 2.45) is 0 Å². The molecular weight excluding hydrogens is 423 g/mol. The number of halogens is 1. The van der Waals surface area contributed by atoms with E-state index in [0.717, 1.165) is 0 Å². The molecule has 1 aromatic rings. The second-order valence-corrected chi connectivity index (χ2v) is 6.92. The lowest BCUT2D eigenvalue weighted by molar-refractivity contribution is -0.141. The van der Waals surface area contributed by atoms with Gasteiger partial charge in [0, 0.05) is 26.3 Å². The summed E-state index contributed by atoms with van der Waals surface area (Å²) in [6.07, 6.45) is 0.181. The third-order valence-electron chi connectivity index (χ3n) is 4.41. The first-order chi connectivity index (χ1) is 15.2. The lowest BCUT2D eigenvalue weighted by Crippen LogP contribution is -2.53. The number of carbonyl (C=O) groups is 5. The second kappa shape index (κ2) is 13.6. The number of Topliss-reactive ketones (excluding diaryl/α,β-unsaturated/α-hetero) is 1. The van der Waals surface area contributed by atoms with Crippen LogP contribution in [-0.2, 0) is 35.3 Å². The predicted octanol–water partition coefficient (Wildman–Crippen LogP) is 0.383. The number of ether oxygens (including phenoxy) is 1. The molecule has 0 fully saturated rings. The number of hydrogen-bond acceptors (Lipinski definition) is 7. The van der Waals surface area contributed by atoms with E-state index < -0.39 is 47.4 Å². The van der Waals surface area contributed by atoms with Crippen LogP contribution in [0.2, 0.25) is 0 Å². The summed E-state index contributed by atoms with van der Waals surface area (Å²) < 4.78 is 17.6. The lowest BCUT2D eigenvalue weighted by atomic mass is 10.1. The van der Waals surface area contributed by atoms with E-state index in [2.05, 4.69) is 20.7 Å². The Morgan fingerprint density at radius 1 is 1.00 bits per heavy atom. The predicted molar refractivity (Wildman–Crippen MR) is 112 cm³/mol. The average Bonchev–Trinajstić information content (AvgIpc) is 2.77. The van der Waals surface area contributed by atoms with Gasteiger partial charge in [-0.2, -0.15) is 0 Å². The summed E-state index contributed by atoms with van der Waals surface area (Å²) in [5.41, 5.74) is 0.620. The first-order valence-corrected chi connectivity index (χ1v) is 9.86. The molecule has 32 heavy (non-hydrogen) atoms. The van der Waals surface area contributed by atoms with Gasteiger partial charge in [-0.1, -0.05) is 12.1 Å². The maximum atomic E-state index is 13.0. The van der Waals surface area contributed by atoms with Crippen LogP contribution >= 0.6 is 0 Å². The fourth-order valence-electron chi connectivity index (χ4n) is 2.69. The van der Waals surface area contributed by atoms with Gasteiger partial charge in [0.2, 0.25) is 17.7 Å². The number of esters is 1. The molecule has 4 N–H and O–H groups in total. The van der Waals surface area contributed by atoms with Gasteiger partial charge in [-0.25, -0.2) is 4.39 Å². The number of hydrogen-bond donors (Lipinski definition) is 4.